The highest BCUT2D eigenvalue weighted by atomic mass is 16.5. The molecule has 1 aliphatic rings. The first-order valence-corrected chi connectivity index (χ1v) is 15.2. The van der Waals surface area contributed by atoms with Crippen LogP contribution in [0.4, 0.5) is 11.6 Å². The maximum Gasteiger partial charge on any atom is 0.230 e. The molecule has 1 aromatic carbocycles. The number of nitrogens with one attached hydrogen (secondary N) is 2. The summed E-state index contributed by atoms with van der Waals surface area (Å²) >= 11 is 0. The van der Waals surface area contributed by atoms with E-state index in [0.717, 1.165) is 29.7 Å². The molecule has 3 heterocycles. The van der Waals surface area contributed by atoms with Crippen LogP contribution in [0.3, 0.4) is 0 Å². The number of rotatable bonds is 12. The van der Waals surface area contributed by atoms with Crippen molar-refractivity contribution in [3.8, 4) is 11.3 Å². The molecule has 0 spiro atoms. The molecule has 0 saturated heterocycles. The van der Waals surface area contributed by atoms with Crippen molar-refractivity contribution < 1.29 is 18.8 Å². The van der Waals surface area contributed by atoms with E-state index in [1.807, 2.05) is 61.6 Å². The predicted octanol–water partition coefficient (Wildman–Crippen LogP) is 5.31. The van der Waals surface area contributed by atoms with Gasteiger partial charge in [0.2, 0.25) is 11.8 Å². The summed E-state index contributed by atoms with van der Waals surface area (Å²) in [5.74, 6) is 1.37. The van der Waals surface area contributed by atoms with E-state index < -0.39 is 0 Å². The zero-order valence-corrected chi connectivity index (χ0v) is 25.6. The molecule has 1 saturated carbocycles. The molecule has 232 valence electrons. The third kappa shape index (κ3) is 7.90. The van der Waals surface area contributed by atoms with Crippen LogP contribution >= 0.6 is 0 Å². The number of nitrogens with two attached hydrogens (primary N) is 1. The van der Waals surface area contributed by atoms with Crippen LogP contribution in [0.1, 0.15) is 76.3 Å². The minimum atomic E-state index is -0.191. The first-order valence-electron chi connectivity index (χ1n) is 15.2. The second-order valence-electron chi connectivity index (χ2n) is 12.2. The highest BCUT2D eigenvalue weighted by Gasteiger charge is 2.21. The standard InChI is InChI=1S/C33H41N7O4/c1-33(2,3)26-19-27(39-44-26)38-29(42)18-22-11-13-23(14-12-22)30-31-32(34)35-20-25(40(31)21-36-30)10-6-7-16-43-17-15-28(41)37-24-8-4-5-9-24/h6,10-14,19-21,24H,4-5,7-9,15-18H2,1-3H3,(H2,34,35)(H,37,41)(H,38,39,42)/b10-6+. The maximum atomic E-state index is 12.6. The molecule has 11 nitrogen and oxygen atoms in total. The van der Waals surface area contributed by atoms with E-state index in [0.29, 0.717) is 60.7 Å². The van der Waals surface area contributed by atoms with Gasteiger partial charge in [-0.25, -0.2) is 9.97 Å². The Labute approximate surface area is 257 Å². The van der Waals surface area contributed by atoms with Gasteiger partial charge in [0, 0.05) is 29.5 Å². The van der Waals surface area contributed by atoms with Gasteiger partial charge < -0.3 is 25.6 Å². The number of anilines is 2. The van der Waals surface area contributed by atoms with Gasteiger partial charge in [-0.1, -0.05) is 69.1 Å². The molecule has 0 radical (unpaired) electrons. The quantitative estimate of drug-likeness (QED) is 0.185. The second-order valence-corrected chi connectivity index (χ2v) is 12.2. The first-order chi connectivity index (χ1) is 21.2. The van der Waals surface area contributed by atoms with Crippen molar-refractivity contribution in [1.82, 2.24) is 24.8 Å². The molecule has 4 aromatic rings. The zero-order chi connectivity index (χ0) is 31.1. The number of amides is 2. The van der Waals surface area contributed by atoms with Crippen molar-refractivity contribution in [3.63, 3.8) is 0 Å². The fraction of sp³-hybridized carbons (Fsp3) is 0.424. The van der Waals surface area contributed by atoms with E-state index in [2.05, 4.69) is 25.8 Å². The lowest BCUT2D eigenvalue weighted by Gasteiger charge is -2.12. The molecule has 0 aliphatic heterocycles. The predicted molar refractivity (Wildman–Crippen MR) is 170 cm³/mol. The van der Waals surface area contributed by atoms with Crippen LogP contribution in [0, 0.1) is 0 Å². The molecule has 5 rings (SSSR count). The van der Waals surface area contributed by atoms with E-state index in [9.17, 15) is 9.59 Å². The highest BCUT2D eigenvalue weighted by molar-refractivity contribution is 5.91. The lowest BCUT2D eigenvalue weighted by atomic mass is 9.93. The number of hydrogen-bond acceptors (Lipinski definition) is 8. The van der Waals surface area contributed by atoms with Gasteiger partial charge in [-0.15, -0.1) is 0 Å². The SMILES string of the molecule is CC(C)(C)c1cc(NC(=O)Cc2ccc(-c3ncn4c(/C=C/CCOCCC(=O)NC5CCCC5)cnc(N)c34)cc2)no1. The smallest absolute Gasteiger partial charge is 0.230 e. The fourth-order valence-corrected chi connectivity index (χ4v) is 5.22. The summed E-state index contributed by atoms with van der Waals surface area (Å²) < 4.78 is 12.9. The number of fused-ring (bicyclic) bond motifs is 1. The van der Waals surface area contributed by atoms with Crippen LogP contribution in [-0.4, -0.2) is 50.6 Å². The number of nitrogens with zero attached hydrogens (tertiary/aromatic N) is 4. The molecular weight excluding hydrogens is 558 g/mol. The third-order valence-corrected chi connectivity index (χ3v) is 7.64. The summed E-state index contributed by atoms with van der Waals surface area (Å²) in [7, 11) is 0. The van der Waals surface area contributed by atoms with Crippen molar-refractivity contribution in [2.45, 2.75) is 77.2 Å². The molecule has 0 atom stereocenters. The van der Waals surface area contributed by atoms with E-state index in [4.69, 9.17) is 15.0 Å². The molecule has 1 aliphatic carbocycles. The van der Waals surface area contributed by atoms with Gasteiger partial charge in [0.25, 0.3) is 0 Å². The van der Waals surface area contributed by atoms with Crippen molar-refractivity contribution in [2.75, 3.05) is 24.3 Å². The molecule has 3 aromatic heterocycles. The third-order valence-electron chi connectivity index (χ3n) is 7.64. The Morgan fingerprint density at radius 3 is 2.61 bits per heavy atom. The van der Waals surface area contributed by atoms with Crippen molar-refractivity contribution in [3.05, 3.63) is 65.9 Å². The Hall–Kier alpha value is -4.51. The summed E-state index contributed by atoms with van der Waals surface area (Å²) in [5, 5.41) is 9.83. The minimum Gasteiger partial charge on any atom is -0.382 e. The number of aromatic nitrogens is 4. The van der Waals surface area contributed by atoms with Gasteiger partial charge in [0.15, 0.2) is 5.82 Å². The average molecular weight is 600 g/mol. The van der Waals surface area contributed by atoms with Gasteiger partial charge in [0.05, 0.1) is 37.2 Å². The van der Waals surface area contributed by atoms with Gasteiger partial charge in [-0.2, -0.15) is 0 Å². The van der Waals surface area contributed by atoms with E-state index in [1.165, 1.54) is 12.8 Å². The Kier molecular flexibility index (Phi) is 9.74. The Bertz CT molecular complexity index is 1610. The lowest BCUT2D eigenvalue weighted by molar-refractivity contribution is -0.122. The minimum absolute atomic E-state index is 0.0662. The van der Waals surface area contributed by atoms with Gasteiger partial charge in [-0.05, 0) is 30.9 Å². The van der Waals surface area contributed by atoms with E-state index in [1.54, 1.807) is 18.6 Å². The molecular formula is C33H41N7O4. The van der Waals surface area contributed by atoms with E-state index >= 15 is 0 Å². The zero-order valence-electron chi connectivity index (χ0n) is 25.6. The summed E-state index contributed by atoms with van der Waals surface area (Å²) in [4.78, 5) is 33.6. The van der Waals surface area contributed by atoms with E-state index in [-0.39, 0.29) is 23.7 Å². The molecule has 1 fully saturated rings. The Morgan fingerprint density at radius 1 is 1.11 bits per heavy atom. The van der Waals surface area contributed by atoms with Crippen molar-refractivity contribution in [2.24, 2.45) is 0 Å². The summed E-state index contributed by atoms with van der Waals surface area (Å²) in [6.07, 6.45) is 13.2. The van der Waals surface area contributed by atoms with Gasteiger partial charge >= 0.3 is 0 Å². The largest absolute Gasteiger partial charge is 0.382 e. The van der Waals surface area contributed by atoms with Crippen molar-refractivity contribution in [1.29, 1.82) is 0 Å². The Balaban J connectivity index is 1.14. The summed E-state index contributed by atoms with van der Waals surface area (Å²) in [5.41, 5.74) is 10.0. The number of imidazole rings is 1. The molecule has 11 heteroatoms. The number of hydrogen-bond donors (Lipinski definition) is 3. The fourth-order valence-electron chi connectivity index (χ4n) is 5.22. The average Bonchev–Trinajstić information content (AvgIpc) is 3.76. The molecule has 2 amide bonds. The summed E-state index contributed by atoms with van der Waals surface area (Å²) in [6.45, 7) is 6.99. The lowest BCUT2D eigenvalue weighted by Crippen LogP contribution is -2.33. The second kappa shape index (κ2) is 13.9. The normalized spacial score (nSPS) is 14.1. The molecule has 4 N–H and O–H groups in total. The monoisotopic (exact) mass is 599 g/mol. The van der Waals surface area contributed by atoms with Crippen molar-refractivity contribution >= 4 is 35.0 Å². The highest BCUT2D eigenvalue weighted by Crippen LogP contribution is 2.28. The van der Waals surface area contributed by atoms with Gasteiger partial charge in [0.1, 0.15) is 23.4 Å². The van der Waals surface area contributed by atoms with Crippen LogP contribution in [0.5, 0.6) is 0 Å². The number of benzene rings is 1. The Morgan fingerprint density at radius 2 is 1.89 bits per heavy atom. The van der Waals surface area contributed by atoms with Crippen LogP contribution in [-0.2, 0) is 26.2 Å². The van der Waals surface area contributed by atoms with Crippen LogP contribution in [0.15, 0.2) is 53.5 Å². The number of nitrogen functional groups attached to an aromatic ring is 1. The molecule has 44 heavy (non-hydrogen) atoms. The maximum absolute atomic E-state index is 12.6. The number of ether oxygens (including phenoxy) is 1. The van der Waals surface area contributed by atoms with Gasteiger partial charge in [-0.3, -0.25) is 14.0 Å². The van der Waals surface area contributed by atoms with Crippen LogP contribution in [0.2, 0.25) is 0 Å². The molecule has 0 bridgehead atoms. The number of carbonyl (C=O) groups excluding carboxylic acids is 2. The van der Waals surface area contributed by atoms with Crippen LogP contribution < -0.4 is 16.4 Å². The first kappa shape index (κ1) is 30.9. The summed E-state index contributed by atoms with van der Waals surface area (Å²) in [6, 6.07) is 9.73. The topological polar surface area (TPSA) is 150 Å². The number of carbonyl (C=O) groups is 2. The molecule has 0 unspecified atom stereocenters. The van der Waals surface area contributed by atoms with Crippen LogP contribution in [0.25, 0.3) is 22.9 Å².